The Balaban J connectivity index is 1.66. The van der Waals surface area contributed by atoms with Gasteiger partial charge >= 0.3 is 12.0 Å². The minimum atomic E-state index is -1.16. The van der Waals surface area contributed by atoms with Crippen molar-refractivity contribution in [3.8, 4) is 6.07 Å². The molecule has 0 saturated carbocycles. The number of nitrogens with one attached hydrogen (secondary N) is 3. The van der Waals surface area contributed by atoms with E-state index in [9.17, 15) is 14.7 Å². The fraction of sp³-hybridized carbons (Fsp3) is 0.273. The normalized spacial score (nSPS) is 11.6. The number of rotatable bonds is 8. The van der Waals surface area contributed by atoms with Gasteiger partial charge in [-0.15, -0.1) is 0 Å². The molecule has 1 aromatic heterocycles. The van der Waals surface area contributed by atoms with Crippen molar-refractivity contribution in [3.63, 3.8) is 0 Å². The van der Waals surface area contributed by atoms with Gasteiger partial charge in [0.25, 0.3) is 0 Å². The predicted octanol–water partition coefficient (Wildman–Crippen LogP) is 3.59. The number of H-pyrrole nitrogens is 1. The van der Waals surface area contributed by atoms with Crippen LogP contribution in [0.2, 0.25) is 0 Å². The molecule has 2 aromatic carbocycles. The molecule has 3 rings (SSSR count). The Morgan fingerprint density at radius 2 is 2.10 bits per heavy atom. The van der Waals surface area contributed by atoms with E-state index in [1.807, 2.05) is 12.1 Å². The van der Waals surface area contributed by atoms with Crippen LogP contribution in [0.25, 0.3) is 11.0 Å². The van der Waals surface area contributed by atoms with Gasteiger partial charge in [-0.1, -0.05) is 25.5 Å². The standard InChI is InChI=1S/C22H23N5O3/c1-2-3-7-20-25-17-9-8-16(12-18(17)26-20)24-22(30)27-19(21(28)29)11-14-5-4-6-15(10-14)13-23/h4-6,8-10,12,19H,2-3,7,11H2,1H3,(H,25,26)(H,28,29)(H2,24,27,30). The Hall–Kier alpha value is -3.86. The number of hydrogen-bond donors (Lipinski definition) is 4. The SMILES string of the molecule is CCCCc1nc2cc(NC(=O)NC(Cc3cccc(C#N)c3)C(=O)O)ccc2[nH]1. The van der Waals surface area contributed by atoms with E-state index in [1.165, 1.54) is 0 Å². The monoisotopic (exact) mass is 405 g/mol. The molecule has 0 radical (unpaired) electrons. The summed E-state index contributed by atoms with van der Waals surface area (Å²) in [6, 6.07) is 12.2. The number of carboxylic acid groups (broad SMARTS) is 1. The summed E-state index contributed by atoms with van der Waals surface area (Å²) in [6.07, 6.45) is 3.05. The van der Waals surface area contributed by atoms with E-state index in [1.54, 1.807) is 36.4 Å². The van der Waals surface area contributed by atoms with Crippen molar-refractivity contribution >= 4 is 28.7 Å². The number of nitriles is 1. The lowest BCUT2D eigenvalue weighted by atomic mass is 10.0. The molecule has 8 heteroatoms. The molecule has 0 aliphatic carbocycles. The van der Waals surface area contributed by atoms with Crippen LogP contribution in [0, 0.1) is 11.3 Å². The number of carbonyl (C=O) groups excluding carboxylic acids is 1. The molecule has 0 saturated heterocycles. The third-order valence-electron chi connectivity index (χ3n) is 4.66. The first-order valence-corrected chi connectivity index (χ1v) is 9.76. The topological polar surface area (TPSA) is 131 Å². The van der Waals surface area contributed by atoms with E-state index in [0.717, 1.165) is 36.1 Å². The second-order valence-corrected chi connectivity index (χ2v) is 7.02. The zero-order valence-electron chi connectivity index (χ0n) is 16.6. The zero-order valence-corrected chi connectivity index (χ0v) is 16.6. The number of hydrogen-bond acceptors (Lipinski definition) is 4. The van der Waals surface area contributed by atoms with Crippen LogP contribution < -0.4 is 10.6 Å². The van der Waals surface area contributed by atoms with Crippen molar-refractivity contribution in [3.05, 3.63) is 59.4 Å². The van der Waals surface area contributed by atoms with Gasteiger partial charge in [-0.2, -0.15) is 5.26 Å². The highest BCUT2D eigenvalue weighted by molar-refractivity contribution is 5.94. The lowest BCUT2D eigenvalue weighted by Gasteiger charge is -2.15. The molecule has 0 bridgehead atoms. The molecule has 1 unspecified atom stereocenters. The third kappa shape index (κ3) is 5.35. The van der Waals surface area contributed by atoms with Gasteiger partial charge in [0.15, 0.2) is 0 Å². The van der Waals surface area contributed by atoms with Crippen molar-refractivity contribution < 1.29 is 14.7 Å². The van der Waals surface area contributed by atoms with Crippen molar-refractivity contribution in [1.29, 1.82) is 5.26 Å². The first-order chi connectivity index (χ1) is 14.5. The summed E-state index contributed by atoms with van der Waals surface area (Å²) < 4.78 is 0. The summed E-state index contributed by atoms with van der Waals surface area (Å²) in [5, 5.41) is 23.6. The van der Waals surface area contributed by atoms with Crippen molar-refractivity contribution in [2.45, 2.75) is 38.6 Å². The van der Waals surface area contributed by atoms with Gasteiger partial charge in [0.05, 0.1) is 22.7 Å². The lowest BCUT2D eigenvalue weighted by Crippen LogP contribution is -2.44. The number of fused-ring (bicyclic) bond motifs is 1. The zero-order chi connectivity index (χ0) is 21.5. The van der Waals surface area contributed by atoms with Crippen LogP contribution in [-0.2, 0) is 17.6 Å². The third-order valence-corrected chi connectivity index (χ3v) is 4.66. The molecular weight excluding hydrogens is 382 g/mol. The molecule has 0 spiro atoms. The largest absolute Gasteiger partial charge is 0.480 e. The number of unbranched alkanes of at least 4 members (excludes halogenated alkanes) is 1. The summed E-state index contributed by atoms with van der Waals surface area (Å²) in [4.78, 5) is 31.7. The van der Waals surface area contributed by atoms with E-state index >= 15 is 0 Å². The fourth-order valence-electron chi connectivity index (χ4n) is 3.13. The van der Waals surface area contributed by atoms with Gasteiger partial charge in [0.2, 0.25) is 0 Å². The fourth-order valence-corrected chi connectivity index (χ4v) is 3.13. The second-order valence-electron chi connectivity index (χ2n) is 7.02. The average Bonchev–Trinajstić information content (AvgIpc) is 3.14. The van der Waals surface area contributed by atoms with Crippen molar-refractivity contribution in [2.75, 3.05) is 5.32 Å². The minimum Gasteiger partial charge on any atom is -0.480 e. The maximum atomic E-state index is 12.4. The molecule has 2 amide bonds. The molecule has 0 fully saturated rings. The molecule has 3 aromatic rings. The summed E-state index contributed by atoms with van der Waals surface area (Å²) >= 11 is 0. The van der Waals surface area contributed by atoms with E-state index in [2.05, 4.69) is 27.5 Å². The highest BCUT2D eigenvalue weighted by Gasteiger charge is 2.21. The number of amides is 2. The summed E-state index contributed by atoms with van der Waals surface area (Å²) in [5.41, 5.74) is 3.23. The number of benzene rings is 2. The summed E-state index contributed by atoms with van der Waals surface area (Å²) in [7, 11) is 0. The van der Waals surface area contributed by atoms with Crippen molar-refractivity contribution in [2.24, 2.45) is 0 Å². The lowest BCUT2D eigenvalue weighted by molar-refractivity contribution is -0.139. The highest BCUT2D eigenvalue weighted by Crippen LogP contribution is 2.18. The smallest absolute Gasteiger partial charge is 0.326 e. The number of aryl methyl sites for hydroxylation is 1. The van der Waals surface area contributed by atoms with Crippen LogP contribution in [0.1, 0.15) is 36.7 Å². The first kappa shape index (κ1) is 20.9. The van der Waals surface area contributed by atoms with Crippen LogP contribution in [0.3, 0.4) is 0 Å². The molecule has 30 heavy (non-hydrogen) atoms. The Labute approximate surface area is 173 Å². The Morgan fingerprint density at radius 3 is 2.83 bits per heavy atom. The number of anilines is 1. The number of nitrogens with zero attached hydrogens (tertiary/aromatic N) is 2. The minimum absolute atomic E-state index is 0.0669. The van der Waals surface area contributed by atoms with Crippen LogP contribution in [0.4, 0.5) is 10.5 Å². The molecule has 8 nitrogen and oxygen atoms in total. The molecular formula is C22H23N5O3. The maximum Gasteiger partial charge on any atom is 0.326 e. The van der Waals surface area contributed by atoms with E-state index in [4.69, 9.17) is 5.26 Å². The highest BCUT2D eigenvalue weighted by atomic mass is 16.4. The quantitative estimate of drug-likeness (QED) is 0.455. The second kappa shape index (κ2) is 9.56. The number of aliphatic carboxylic acids is 1. The van der Waals surface area contributed by atoms with Gasteiger partial charge in [0, 0.05) is 18.5 Å². The number of carbonyl (C=O) groups is 2. The number of carboxylic acids is 1. The van der Waals surface area contributed by atoms with Gasteiger partial charge in [0.1, 0.15) is 11.9 Å². The number of aromatic nitrogens is 2. The van der Waals surface area contributed by atoms with Crippen LogP contribution in [-0.4, -0.2) is 33.1 Å². The predicted molar refractivity (Wildman–Crippen MR) is 113 cm³/mol. The van der Waals surface area contributed by atoms with Crippen LogP contribution >= 0.6 is 0 Å². The molecule has 154 valence electrons. The summed E-state index contributed by atoms with van der Waals surface area (Å²) in [5.74, 6) is -0.255. The number of imidazole rings is 1. The van der Waals surface area contributed by atoms with Crippen LogP contribution in [0.5, 0.6) is 0 Å². The number of aromatic amines is 1. The molecule has 1 heterocycles. The Morgan fingerprint density at radius 1 is 1.27 bits per heavy atom. The molecule has 0 aliphatic heterocycles. The van der Waals surface area contributed by atoms with Gasteiger partial charge < -0.3 is 20.7 Å². The molecule has 4 N–H and O–H groups in total. The Bertz CT molecular complexity index is 1100. The Kier molecular flexibility index (Phi) is 6.65. The first-order valence-electron chi connectivity index (χ1n) is 9.76. The van der Waals surface area contributed by atoms with E-state index < -0.39 is 18.0 Å². The van der Waals surface area contributed by atoms with Gasteiger partial charge in [-0.3, -0.25) is 0 Å². The molecule has 0 aliphatic rings. The van der Waals surface area contributed by atoms with E-state index in [-0.39, 0.29) is 6.42 Å². The maximum absolute atomic E-state index is 12.4. The summed E-state index contributed by atoms with van der Waals surface area (Å²) in [6.45, 7) is 2.12. The van der Waals surface area contributed by atoms with Crippen molar-refractivity contribution in [1.82, 2.24) is 15.3 Å². The number of urea groups is 1. The average molecular weight is 405 g/mol. The van der Waals surface area contributed by atoms with Gasteiger partial charge in [-0.05, 0) is 42.3 Å². The van der Waals surface area contributed by atoms with Crippen LogP contribution in [0.15, 0.2) is 42.5 Å². The van der Waals surface area contributed by atoms with E-state index in [0.29, 0.717) is 16.8 Å². The molecule has 1 atom stereocenters. The van der Waals surface area contributed by atoms with Gasteiger partial charge in [-0.25, -0.2) is 14.6 Å².